The molecule has 0 radical (unpaired) electrons. The van der Waals surface area contributed by atoms with Crippen molar-refractivity contribution in [1.82, 2.24) is 4.90 Å². The fraction of sp³-hybridized carbons (Fsp3) is 0.538. The van der Waals surface area contributed by atoms with Crippen LogP contribution in [0, 0.1) is 0 Å². The van der Waals surface area contributed by atoms with E-state index in [1.54, 1.807) is 0 Å². The third kappa shape index (κ3) is 2.85. The van der Waals surface area contributed by atoms with Crippen molar-refractivity contribution in [3.05, 3.63) is 35.9 Å². The molecule has 1 aliphatic rings. The molecule has 1 aromatic carbocycles. The first kappa shape index (κ1) is 11.3. The van der Waals surface area contributed by atoms with E-state index in [1.807, 2.05) is 13.8 Å². The van der Waals surface area contributed by atoms with E-state index in [0.29, 0.717) is 0 Å². The molecular formula is C13H21N. The van der Waals surface area contributed by atoms with Crippen LogP contribution in [-0.2, 0) is 6.54 Å². The van der Waals surface area contributed by atoms with E-state index in [4.69, 9.17) is 0 Å². The highest BCUT2D eigenvalue weighted by atomic mass is 15.2. The number of hydrogen-bond donors (Lipinski definition) is 0. The maximum atomic E-state index is 2.51. The van der Waals surface area contributed by atoms with Crippen molar-refractivity contribution < 1.29 is 0 Å². The van der Waals surface area contributed by atoms with Gasteiger partial charge in [-0.1, -0.05) is 44.2 Å². The number of likely N-dealkylation sites (tertiary alicyclic amines) is 1. The topological polar surface area (TPSA) is 3.24 Å². The molecule has 78 valence electrons. The zero-order valence-electron chi connectivity index (χ0n) is 9.53. The molecule has 1 aliphatic heterocycles. The van der Waals surface area contributed by atoms with Crippen LogP contribution in [0.15, 0.2) is 30.3 Å². The fourth-order valence-electron chi connectivity index (χ4n) is 1.62. The van der Waals surface area contributed by atoms with Crippen molar-refractivity contribution >= 4 is 0 Å². The van der Waals surface area contributed by atoms with Gasteiger partial charge in [-0.15, -0.1) is 0 Å². The second-order valence-corrected chi connectivity index (χ2v) is 3.59. The van der Waals surface area contributed by atoms with Gasteiger partial charge in [-0.05, 0) is 18.9 Å². The first-order valence-electron chi connectivity index (χ1n) is 5.64. The third-order valence-corrected chi connectivity index (χ3v) is 2.69. The van der Waals surface area contributed by atoms with Crippen LogP contribution in [0.4, 0.5) is 0 Å². The van der Waals surface area contributed by atoms with E-state index in [1.165, 1.54) is 18.5 Å². The van der Waals surface area contributed by atoms with Gasteiger partial charge in [0.2, 0.25) is 0 Å². The maximum absolute atomic E-state index is 2.51. The van der Waals surface area contributed by atoms with Gasteiger partial charge in [-0.25, -0.2) is 0 Å². The summed E-state index contributed by atoms with van der Waals surface area (Å²) in [5.74, 6) is 0. The molecule has 0 saturated carbocycles. The average molecular weight is 191 g/mol. The summed E-state index contributed by atoms with van der Waals surface area (Å²) in [6, 6.07) is 11.5. The second kappa shape index (κ2) is 5.82. The van der Waals surface area contributed by atoms with Crippen LogP contribution in [-0.4, -0.2) is 17.5 Å². The zero-order chi connectivity index (χ0) is 10.4. The lowest BCUT2D eigenvalue weighted by atomic mass is 10.0. The van der Waals surface area contributed by atoms with Crippen LogP contribution >= 0.6 is 0 Å². The van der Waals surface area contributed by atoms with Crippen LogP contribution in [0.2, 0.25) is 0 Å². The van der Waals surface area contributed by atoms with Gasteiger partial charge in [0.1, 0.15) is 0 Å². The first-order valence-corrected chi connectivity index (χ1v) is 5.64. The van der Waals surface area contributed by atoms with E-state index >= 15 is 0 Å². The molecule has 0 bridgehead atoms. The standard InChI is InChI=1S/C11H15N.C2H6/c1-10-7-8-12(10)9-11-5-3-2-4-6-11;1-2/h2-6,10H,7-9H2,1H3;1-2H3. The molecule has 1 saturated heterocycles. The number of nitrogens with zero attached hydrogens (tertiary/aromatic N) is 1. The second-order valence-electron chi connectivity index (χ2n) is 3.59. The summed E-state index contributed by atoms with van der Waals surface area (Å²) < 4.78 is 0. The molecule has 1 unspecified atom stereocenters. The monoisotopic (exact) mass is 191 g/mol. The summed E-state index contributed by atoms with van der Waals surface area (Å²) in [6.45, 7) is 8.70. The van der Waals surface area contributed by atoms with Crippen molar-refractivity contribution in [3.8, 4) is 0 Å². The summed E-state index contributed by atoms with van der Waals surface area (Å²) in [5.41, 5.74) is 1.43. The molecule has 1 nitrogen and oxygen atoms in total. The van der Waals surface area contributed by atoms with Crippen LogP contribution in [0.3, 0.4) is 0 Å². The van der Waals surface area contributed by atoms with Gasteiger partial charge >= 0.3 is 0 Å². The van der Waals surface area contributed by atoms with Gasteiger partial charge in [-0.3, -0.25) is 4.90 Å². The van der Waals surface area contributed by atoms with E-state index in [9.17, 15) is 0 Å². The lowest BCUT2D eigenvalue weighted by molar-refractivity contribution is 0.0959. The lowest BCUT2D eigenvalue weighted by Crippen LogP contribution is -2.44. The molecular weight excluding hydrogens is 170 g/mol. The minimum Gasteiger partial charge on any atom is -0.296 e. The molecule has 0 aliphatic carbocycles. The van der Waals surface area contributed by atoms with E-state index in [-0.39, 0.29) is 0 Å². The molecule has 1 aromatic rings. The van der Waals surface area contributed by atoms with Gasteiger partial charge in [-0.2, -0.15) is 0 Å². The number of rotatable bonds is 2. The average Bonchev–Trinajstić information content (AvgIpc) is 2.28. The van der Waals surface area contributed by atoms with Gasteiger partial charge < -0.3 is 0 Å². The van der Waals surface area contributed by atoms with E-state index in [0.717, 1.165) is 12.6 Å². The maximum Gasteiger partial charge on any atom is 0.0236 e. The predicted octanol–water partition coefficient (Wildman–Crippen LogP) is 3.31. The number of hydrogen-bond acceptors (Lipinski definition) is 1. The van der Waals surface area contributed by atoms with Crippen molar-refractivity contribution in [3.63, 3.8) is 0 Å². The SMILES string of the molecule is CC.CC1CCN1Cc1ccccc1. The Balaban J connectivity index is 0.000000461. The molecule has 0 spiro atoms. The summed E-state index contributed by atoms with van der Waals surface area (Å²) in [5, 5.41) is 0. The Bertz CT molecular complexity index is 243. The van der Waals surface area contributed by atoms with Crippen LogP contribution in [0.5, 0.6) is 0 Å². The van der Waals surface area contributed by atoms with Gasteiger partial charge in [0.25, 0.3) is 0 Å². The molecule has 1 heterocycles. The van der Waals surface area contributed by atoms with E-state index in [2.05, 4.69) is 42.2 Å². The van der Waals surface area contributed by atoms with Gasteiger partial charge in [0, 0.05) is 19.1 Å². The van der Waals surface area contributed by atoms with Crippen molar-refractivity contribution in [2.45, 2.75) is 39.8 Å². The van der Waals surface area contributed by atoms with Crippen molar-refractivity contribution in [2.75, 3.05) is 6.54 Å². The third-order valence-electron chi connectivity index (χ3n) is 2.69. The molecule has 1 atom stereocenters. The highest BCUT2D eigenvalue weighted by Crippen LogP contribution is 2.19. The largest absolute Gasteiger partial charge is 0.296 e. The Morgan fingerprint density at radius 2 is 1.86 bits per heavy atom. The molecule has 14 heavy (non-hydrogen) atoms. The molecule has 1 heteroatoms. The zero-order valence-corrected chi connectivity index (χ0v) is 9.53. The fourth-order valence-corrected chi connectivity index (χ4v) is 1.62. The normalized spacial score (nSPS) is 20.6. The minimum absolute atomic E-state index is 0.796. The number of benzene rings is 1. The highest BCUT2D eigenvalue weighted by Gasteiger charge is 2.22. The van der Waals surface area contributed by atoms with Crippen LogP contribution in [0.1, 0.15) is 32.8 Å². The van der Waals surface area contributed by atoms with E-state index < -0.39 is 0 Å². The van der Waals surface area contributed by atoms with Crippen molar-refractivity contribution in [1.29, 1.82) is 0 Å². The van der Waals surface area contributed by atoms with Gasteiger partial charge in [0.05, 0.1) is 0 Å². The molecule has 0 amide bonds. The Labute approximate surface area is 87.7 Å². The molecule has 0 N–H and O–H groups in total. The minimum atomic E-state index is 0.796. The highest BCUT2D eigenvalue weighted by molar-refractivity contribution is 5.14. The van der Waals surface area contributed by atoms with Gasteiger partial charge in [0.15, 0.2) is 0 Å². The first-order chi connectivity index (χ1) is 6.86. The summed E-state index contributed by atoms with van der Waals surface area (Å²) in [4.78, 5) is 2.51. The molecule has 0 aromatic heterocycles. The molecule has 1 fully saturated rings. The Hall–Kier alpha value is -0.820. The lowest BCUT2D eigenvalue weighted by Gasteiger charge is -2.38. The molecule has 2 rings (SSSR count). The Morgan fingerprint density at radius 1 is 1.21 bits per heavy atom. The summed E-state index contributed by atoms with van der Waals surface area (Å²) >= 11 is 0. The summed E-state index contributed by atoms with van der Waals surface area (Å²) in [7, 11) is 0. The Kier molecular flexibility index (Phi) is 4.68. The summed E-state index contributed by atoms with van der Waals surface area (Å²) in [6.07, 6.45) is 1.37. The van der Waals surface area contributed by atoms with Crippen molar-refractivity contribution in [2.24, 2.45) is 0 Å². The predicted molar refractivity (Wildman–Crippen MR) is 62.3 cm³/mol. The van der Waals surface area contributed by atoms with Crippen LogP contribution in [0.25, 0.3) is 0 Å². The smallest absolute Gasteiger partial charge is 0.0236 e. The Morgan fingerprint density at radius 3 is 2.29 bits per heavy atom. The quantitative estimate of drug-likeness (QED) is 0.693. The van der Waals surface area contributed by atoms with Crippen LogP contribution < -0.4 is 0 Å².